The molecule has 70 valence electrons. The molecule has 1 rings (SSSR count). The molecule has 0 aliphatic heterocycles. The molecule has 0 fully saturated rings. The summed E-state index contributed by atoms with van der Waals surface area (Å²) in [4.78, 5) is 9.99. The van der Waals surface area contributed by atoms with E-state index in [2.05, 4.69) is 0 Å². The minimum absolute atomic E-state index is 0.122. The van der Waals surface area contributed by atoms with Crippen molar-refractivity contribution in [1.29, 1.82) is 0 Å². The van der Waals surface area contributed by atoms with E-state index in [-0.39, 0.29) is 23.5 Å². The lowest BCUT2D eigenvalue weighted by Gasteiger charge is -2.04. The van der Waals surface area contributed by atoms with Crippen LogP contribution >= 0.6 is 0 Å². The number of aliphatic hydroxyl groups excluding tert-OH is 1. The van der Waals surface area contributed by atoms with Gasteiger partial charge in [0, 0.05) is 0 Å². The Hall–Kier alpha value is -1.62. The van der Waals surface area contributed by atoms with Crippen LogP contribution in [-0.4, -0.2) is 10.0 Å². The van der Waals surface area contributed by atoms with E-state index in [0.717, 1.165) is 0 Å². The number of nitrogen functional groups attached to an aromatic ring is 1. The van der Waals surface area contributed by atoms with Gasteiger partial charge in [0.2, 0.25) is 0 Å². The third kappa shape index (κ3) is 1.59. The Bertz CT molecular complexity index is 349. The Morgan fingerprint density at radius 3 is 2.69 bits per heavy atom. The van der Waals surface area contributed by atoms with E-state index < -0.39 is 4.92 Å². The molecule has 5 nitrogen and oxygen atoms in total. The van der Waals surface area contributed by atoms with E-state index in [4.69, 9.17) is 10.8 Å². The first-order valence-electron chi connectivity index (χ1n) is 3.71. The molecule has 0 saturated carbocycles. The van der Waals surface area contributed by atoms with Gasteiger partial charge in [0.15, 0.2) is 0 Å². The van der Waals surface area contributed by atoms with Crippen molar-refractivity contribution < 1.29 is 10.0 Å². The molecule has 0 aliphatic rings. The van der Waals surface area contributed by atoms with E-state index in [9.17, 15) is 10.1 Å². The minimum atomic E-state index is -0.576. The third-order valence-electron chi connectivity index (χ3n) is 1.87. The maximum Gasteiger partial charge on any atom is 0.297 e. The number of nitrogens with two attached hydrogens (primary N) is 1. The fraction of sp³-hybridized carbons (Fsp3) is 0.250. The number of aliphatic hydroxyl groups is 1. The van der Waals surface area contributed by atoms with Crippen LogP contribution in [0.4, 0.5) is 11.4 Å². The van der Waals surface area contributed by atoms with Crippen molar-refractivity contribution in [3.63, 3.8) is 0 Å². The zero-order chi connectivity index (χ0) is 10.0. The lowest BCUT2D eigenvalue weighted by molar-refractivity contribution is -0.384. The highest BCUT2D eigenvalue weighted by atomic mass is 16.6. The molecule has 0 heterocycles. The first-order valence-corrected chi connectivity index (χ1v) is 3.71. The van der Waals surface area contributed by atoms with Crippen molar-refractivity contribution in [2.24, 2.45) is 0 Å². The minimum Gasteiger partial charge on any atom is -0.393 e. The highest BCUT2D eigenvalue weighted by Gasteiger charge is 2.18. The molecule has 0 saturated heterocycles. The Kier molecular flexibility index (Phi) is 2.48. The lowest BCUT2D eigenvalue weighted by Crippen LogP contribution is -2.02. The van der Waals surface area contributed by atoms with Crippen LogP contribution < -0.4 is 5.73 Å². The van der Waals surface area contributed by atoms with Gasteiger partial charge in [0.25, 0.3) is 5.69 Å². The Morgan fingerprint density at radius 1 is 1.62 bits per heavy atom. The molecule has 5 heteroatoms. The van der Waals surface area contributed by atoms with Gasteiger partial charge in [-0.2, -0.15) is 0 Å². The topological polar surface area (TPSA) is 89.4 Å². The smallest absolute Gasteiger partial charge is 0.297 e. The number of nitrogens with zero attached hydrogens (tertiary/aromatic N) is 1. The van der Waals surface area contributed by atoms with Crippen molar-refractivity contribution in [3.05, 3.63) is 33.4 Å². The van der Waals surface area contributed by atoms with Crippen LogP contribution in [-0.2, 0) is 6.61 Å². The first-order chi connectivity index (χ1) is 6.07. The van der Waals surface area contributed by atoms with Crippen molar-refractivity contribution in [1.82, 2.24) is 0 Å². The molecule has 1 aromatic carbocycles. The van der Waals surface area contributed by atoms with Crippen LogP contribution in [0.2, 0.25) is 0 Å². The molecule has 1 aromatic rings. The van der Waals surface area contributed by atoms with Gasteiger partial charge in [-0.25, -0.2) is 0 Å². The Balaban J connectivity index is 3.41. The van der Waals surface area contributed by atoms with E-state index in [1.165, 1.54) is 6.07 Å². The Labute approximate surface area is 74.9 Å². The van der Waals surface area contributed by atoms with Crippen LogP contribution in [0.1, 0.15) is 11.1 Å². The number of nitro groups is 1. The van der Waals surface area contributed by atoms with Gasteiger partial charge in [0.05, 0.1) is 17.1 Å². The normalized spacial score (nSPS) is 10.0. The quantitative estimate of drug-likeness (QED) is 0.405. The van der Waals surface area contributed by atoms with Crippen molar-refractivity contribution >= 4 is 11.4 Å². The maximum atomic E-state index is 10.6. The van der Waals surface area contributed by atoms with Crippen LogP contribution in [0.25, 0.3) is 0 Å². The molecular weight excluding hydrogens is 172 g/mol. The van der Waals surface area contributed by atoms with Gasteiger partial charge in [-0.1, -0.05) is 6.07 Å². The summed E-state index contributed by atoms with van der Waals surface area (Å²) in [5.74, 6) is 0. The van der Waals surface area contributed by atoms with E-state index in [0.29, 0.717) is 5.56 Å². The van der Waals surface area contributed by atoms with Gasteiger partial charge in [-0.3, -0.25) is 10.1 Å². The predicted molar refractivity (Wildman–Crippen MR) is 48.2 cm³/mol. The van der Waals surface area contributed by atoms with Crippen LogP contribution in [0.15, 0.2) is 12.1 Å². The number of hydrogen-bond acceptors (Lipinski definition) is 4. The fourth-order valence-corrected chi connectivity index (χ4v) is 1.10. The van der Waals surface area contributed by atoms with E-state index >= 15 is 0 Å². The molecule has 0 bridgehead atoms. The molecule has 3 N–H and O–H groups in total. The molecular formula is C8H10N2O3. The van der Waals surface area contributed by atoms with Crippen molar-refractivity contribution in [2.75, 3.05) is 5.73 Å². The second-order valence-corrected chi connectivity index (χ2v) is 2.72. The van der Waals surface area contributed by atoms with Gasteiger partial charge in [0.1, 0.15) is 5.69 Å². The number of anilines is 1. The highest BCUT2D eigenvalue weighted by Crippen LogP contribution is 2.28. The van der Waals surface area contributed by atoms with E-state index in [1.54, 1.807) is 13.0 Å². The van der Waals surface area contributed by atoms with Crippen molar-refractivity contribution in [3.8, 4) is 0 Å². The molecule has 0 spiro atoms. The summed E-state index contributed by atoms with van der Waals surface area (Å²) in [6.07, 6.45) is 0. The second kappa shape index (κ2) is 3.40. The fourth-order valence-electron chi connectivity index (χ4n) is 1.10. The molecule has 0 aliphatic carbocycles. The third-order valence-corrected chi connectivity index (χ3v) is 1.87. The SMILES string of the molecule is Cc1ccc(CO)c([N+](=O)[O-])c1N. The maximum absolute atomic E-state index is 10.6. The number of benzene rings is 1. The highest BCUT2D eigenvalue weighted by molar-refractivity contribution is 5.66. The molecule has 0 amide bonds. The molecule has 13 heavy (non-hydrogen) atoms. The van der Waals surface area contributed by atoms with Gasteiger partial charge >= 0.3 is 0 Å². The average Bonchev–Trinajstić information content (AvgIpc) is 2.08. The molecule has 0 unspecified atom stereocenters. The predicted octanol–water partition coefficient (Wildman–Crippen LogP) is 0.978. The monoisotopic (exact) mass is 182 g/mol. The summed E-state index contributed by atoms with van der Waals surface area (Å²) in [7, 11) is 0. The molecule has 0 radical (unpaired) electrons. The van der Waals surface area contributed by atoms with Crippen molar-refractivity contribution in [2.45, 2.75) is 13.5 Å². The number of nitro benzene ring substituents is 1. The number of rotatable bonds is 2. The van der Waals surface area contributed by atoms with Gasteiger partial charge in [-0.05, 0) is 18.6 Å². The van der Waals surface area contributed by atoms with Gasteiger partial charge in [-0.15, -0.1) is 0 Å². The largest absolute Gasteiger partial charge is 0.393 e. The van der Waals surface area contributed by atoms with Crippen LogP contribution in [0.3, 0.4) is 0 Å². The standard InChI is InChI=1S/C8H10N2O3/c1-5-2-3-6(4-11)8(7(5)9)10(12)13/h2-3,11H,4,9H2,1H3. The Morgan fingerprint density at radius 2 is 2.23 bits per heavy atom. The second-order valence-electron chi connectivity index (χ2n) is 2.72. The molecule has 0 aromatic heterocycles. The summed E-state index contributed by atoms with van der Waals surface area (Å²) >= 11 is 0. The zero-order valence-electron chi connectivity index (χ0n) is 7.15. The van der Waals surface area contributed by atoms with E-state index in [1.807, 2.05) is 0 Å². The summed E-state index contributed by atoms with van der Waals surface area (Å²) in [6, 6.07) is 3.15. The lowest BCUT2D eigenvalue weighted by atomic mass is 10.1. The van der Waals surface area contributed by atoms with Crippen LogP contribution in [0.5, 0.6) is 0 Å². The average molecular weight is 182 g/mol. The summed E-state index contributed by atoms with van der Waals surface area (Å²) in [5, 5.41) is 19.4. The molecule has 0 atom stereocenters. The first kappa shape index (κ1) is 9.47. The summed E-state index contributed by atoms with van der Waals surface area (Å²) in [6.45, 7) is 1.31. The summed E-state index contributed by atoms with van der Waals surface area (Å²) in [5.41, 5.74) is 6.32. The summed E-state index contributed by atoms with van der Waals surface area (Å²) < 4.78 is 0. The van der Waals surface area contributed by atoms with Crippen LogP contribution in [0, 0.1) is 17.0 Å². The van der Waals surface area contributed by atoms with Gasteiger partial charge < -0.3 is 10.8 Å². The number of hydrogen-bond donors (Lipinski definition) is 2. The number of aryl methyl sites for hydroxylation is 1. The zero-order valence-corrected chi connectivity index (χ0v) is 7.15.